The molecule has 0 N–H and O–H groups in total. The van der Waals surface area contributed by atoms with E-state index in [1.165, 1.54) is 11.8 Å². The van der Waals surface area contributed by atoms with Crippen LogP contribution in [0.15, 0.2) is 28.3 Å². The van der Waals surface area contributed by atoms with Crippen molar-refractivity contribution in [3.63, 3.8) is 0 Å². The number of benzene rings is 1. The zero-order valence-electron chi connectivity index (χ0n) is 10.9. The summed E-state index contributed by atoms with van der Waals surface area (Å²) in [6, 6.07) is 7.27. The van der Waals surface area contributed by atoms with Crippen LogP contribution in [0.4, 0.5) is 0 Å². The Morgan fingerprint density at radius 1 is 1.16 bits per heavy atom. The molecular formula is C14H12ClN3S. The summed E-state index contributed by atoms with van der Waals surface area (Å²) in [5.74, 6) is 0. The molecule has 0 bridgehead atoms. The zero-order valence-corrected chi connectivity index (χ0v) is 12.4. The summed E-state index contributed by atoms with van der Waals surface area (Å²) in [6.07, 6.45) is 0. The van der Waals surface area contributed by atoms with Crippen molar-refractivity contribution in [3.05, 3.63) is 45.7 Å². The van der Waals surface area contributed by atoms with Crippen LogP contribution in [0.2, 0.25) is 5.02 Å². The van der Waals surface area contributed by atoms with Crippen molar-refractivity contribution >= 4 is 23.4 Å². The van der Waals surface area contributed by atoms with Gasteiger partial charge in [-0.2, -0.15) is 5.26 Å². The number of hydrogen-bond donors (Lipinski definition) is 0. The Labute approximate surface area is 121 Å². The SMILES string of the molecule is Cc1nc(Sc2ccc(C#N)cc2Cl)nc(C)c1C. The van der Waals surface area contributed by atoms with Crippen LogP contribution in [0, 0.1) is 32.1 Å². The molecule has 19 heavy (non-hydrogen) atoms. The van der Waals surface area contributed by atoms with E-state index in [0.717, 1.165) is 21.8 Å². The second-order valence-electron chi connectivity index (χ2n) is 4.16. The summed E-state index contributed by atoms with van der Waals surface area (Å²) in [5.41, 5.74) is 3.60. The van der Waals surface area contributed by atoms with E-state index in [-0.39, 0.29) is 0 Å². The van der Waals surface area contributed by atoms with Crippen LogP contribution in [0.5, 0.6) is 0 Å². The monoisotopic (exact) mass is 289 g/mol. The summed E-state index contributed by atoms with van der Waals surface area (Å²) in [6.45, 7) is 5.94. The van der Waals surface area contributed by atoms with E-state index in [9.17, 15) is 0 Å². The van der Waals surface area contributed by atoms with Crippen LogP contribution < -0.4 is 0 Å². The molecule has 0 aliphatic heterocycles. The van der Waals surface area contributed by atoms with Gasteiger partial charge >= 0.3 is 0 Å². The van der Waals surface area contributed by atoms with E-state index in [1.807, 2.05) is 26.8 Å². The summed E-state index contributed by atoms with van der Waals surface area (Å²) >= 11 is 7.55. The molecular weight excluding hydrogens is 278 g/mol. The lowest BCUT2D eigenvalue weighted by molar-refractivity contribution is 0.881. The molecule has 5 heteroatoms. The predicted molar refractivity (Wildman–Crippen MR) is 76.5 cm³/mol. The molecule has 0 fully saturated rings. The highest BCUT2D eigenvalue weighted by Gasteiger charge is 2.09. The van der Waals surface area contributed by atoms with Crippen LogP contribution in [-0.2, 0) is 0 Å². The van der Waals surface area contributed by atoms with Crippen molar-refractivity contribution in [2.24, 2.45) is 0 Å². The minimum Gasteiger partial charge on any atom is -0.227 e. The van der Waals surface area contributed by atoms with Crippen molar-refractivity contribution in [3.8, 4) is 6.07 Å². The maximum absolute atomic E-state index is 8.81. The largest absolute Gasteiger partial charge is 0.227 e. The molecule has 96 valence electrons. The van der Waals surface area contributed by atoms with Gasteiger partial charge in [-0.15, -0.1) is 0 Å². The van der Waals surface area contributed by atoms with Gasteiger partial charge in [0.1, 0.15) is 0 Å². The third-order valence-electron chi connectivity index (χ3n) is 2.87. The van der Waals surface area contributed by atoms with Crippen molar-refractivity contribution in [1.29, 1.82) is 5.26 Å². The highest BCUT2D eigenvalue weighted by molar-refractivity contribution is 7.99. The molecule has 0 unspecified atom stereocenters. The van der Waals surface area contributed by atoms with Crippen molar-refractivity contribution in [2.75, 3.05) is 0 Å². The maximum Gasteiger partial charge on any atom is 0.192 e. The van der Waals surface area contributed by atoms with Gasteiger partial charge in [-0.3, -0.25) is 0 Å². The van der Waals surface area contributed by atoms with E-state index in [4.69, 9.17) is 16.9 Å². The molecule has 0 aliphatic rings. The predicted octanol–water partition coefficient (Wildman–Crippen LogP) is 4.08. The Hall–Kier alpha value is -1.57. The topological polar surface area (TPSA) is 49.6 Å². The normalized spacial score (nSPS) is 10.3. The van der Waals surface area contributed by atoms with Gasteiger partial charge in [0.05, 0.1) is 16.7 Å². The third-order valence-corrected chi connectivity index (χ3v) is 4.24. The molecule has 0 saturated heterocycles. The van der Waals surface area contributed by atoms with Gasteiger partial charge in [0.25, 0.3) is 0 Å². The fraction of sp³-hybridized carbons (Fsp3) is 0.214. The molecule has 0 amide bonds. The molecule has 0 radical (unpaired) electrons. The van der Waals surface area contributed by atoms with Gasteiger partial charge in [0, 0.05) is 16.3 Å². The molecule has 2 rings (SSSR count). The number of rotatable bonds is 2. The van der Waals surface area contributed by atoms with Crippen molar-refractivity contribution in [1.82, 2.24) is 9.97 Å². The van der Waals surface area contributed by atoms with E-state index < -0.39 is 0 Å². The quantitative estimate of drug-likeness (QED) is 0.782. The Kier molecular flexibility index (Phi) is 4.08. The molecule has 1 aromatic heterocycles. The Morgan fingerprint density at radius 3 is 2.32 bits per heavy atom. The average molecular weight is 290 g/mol. The number of aromatic nitrogens is 2. The molecule has 0 aliphatic carbocycles. The summed E-state index contributed by atoms with van der Waals surface area (Å²) in [4.78, 5) is 9.73. The Bertz CT molecular complexity index is 654. The highest BCUT2D eigenvalue weighted by Crippen LogP contribution is 2.32. The lowest BCUT2D eigenvalue weighted by Crippen LogP contribution is -1.97. The van der Waals surface area contributed by atoms with E-state index >= 15 is 0 Å². The van der Waals surface area contributed by atoms with Crippen LogP contribution in [-0.4, -0.2) is 9.97 Å². The summed E-state index contributed by atoms with van der Waals surface area (Å²) < 4.78 is 0. The van der Waals surface area contributed by atoms with Crippen LogP contribution >= 0.6 is 23.4 Å². The first kappa shape index (κ1) is 13.9. The third kappa shape index (κ3) is 3.06. The number of hydrogen-bond acceptors (Lipinski definition) is 4. The van der Waals surface area contributed by atoms with Gasteiger partial charge in [-0.25, -0.2) is 9.97 Å². The van der Waals surface area contributed by atoms with E-state index in [0.29, 0.717) is 15.7 Å². The minimum atomic E-state index is 0.545. The molecule has 0 saturated carbocycles. The van der Waals surface area contributed by atoms with Gasteiger partial charge < -0.3 is 0 Å². The number of nitrogens with zero attached hydrogens (tertiary/aromatic N) is 3. The Balaban J connectivity index is 2.34. The molecule has 0 spiro atoms. The molecule has 1 heterocycles. The van der Waals surface area contributed by atoms with Crippen LogP contribution in [0.3, 0.4) is 0 Å². The zero-order chi connectivity index (χ0) is 14.0. The van der Waals surface area contributed by atoms with Gasteiger partial charge in [0.15, 0.2) is 5.16 Å². The lowest BCUT2D eigenvalue weighted by atomic mass is 10.2. The first-order chi connectivity index (χ1) is 9.01. The molecule has 1 aromatic carbocycles. The second-order valence-corrected chi connectivity index (χ2v) is 5.58. The van der Waals surface area contributed by atoms with Crippen LogP contribution in [0.25, 0.3) is 0 Å². The first-order valence-electron chi connectivity index (χ1n) is 5.70. The molecule has 3 nitrogen and oxygen atoms in total. The molecule has 0 atom stereocenters. The van der Waals surface area contributed by atoms with Gasteiger partial charge in [0.2, 0.25) is 0 Å². The van der Waals surface area contributed by atoms with E-state index in [1.54, 1.807) is 12.1 Å². The maximum atomic E-state index is 8.81. The van der Waals surface area contributed by atoms with Crippen molar-refractivity contribution < 1.29 is 0 Å². The highest BCUT2D eigenvalue weighted by atomic mass is 35.5. The summed E-state index contributed by atoms with van der Waals surface area (Å²) in [5, 5.41) is 10.0. The first-order valence-corrected chi connectivity index (χ1v) is 6.90. The van der Waals surface area contributed by atoms with Gasteiger partial charge in [-0.05, 0) is 56.3 Å². The van der Waals surface area contributed by atoms with E-state index in [2.05, 4.69) is 16.0 Å². The fourth-order valence-electron chi connectivity index (χ4n) is 1.54. The number of aryl methyl sites for hydroxylation is 2. The standard InChI is InChI=1S/C14H12ClN3S/c1-8-9(2)17-14(18-10(8)3)19-13-5-4-11(7-16)6-12(13)15/h4-6H,1-3H3. The minimum absolute atomic E-state index is 0.545. The smallest absolute Gasteiger partial charge is 0.192 e. The van der Waals surface area contributed by atoms with Gasteiger partial charge in [-0.1, -0.05) is 11.6 Å². The number of nitriles is 1. The average Bonchev–Trinajstić information content (AvgIpc) is 2.38. The van der Waals surface area contributed by atoms with Crippen molar-refractivity contribution in [2.45, 2.75) is 30.8 Å². The van der Waals surface area contributed by atoms with Crippen LogP contribution in [0.1, 0.15) is 22.5 Å². The lowest BCUT2D eigenvalue weighted by Gasteiger charge is -2.07. The fourth-order valence-corrected chi connectivity index (χ4v) is 2.69. The molecule has 2 aromatic rings. The summed E-state index contributed by atoms with van der Waals surface area (Å²) in [7, 11) is 0. The Morgan fingerprint density at radius 2 is 1.79 bits per heavy atom. The number of halogens is 1. The second kappa shape index (κ2) is 5.60.